The van der Waals surface area contributed by atoms with Gasteiger partial charge in [0.05, 0.1) is 16.5 Å². The topological polar surface area (TPSA) is 63.4 Å². The molecule has 0 aliphatic rings. The third kappa shape index (κ3) is 5.87. The van der Waals surface area contributed by atoms with Crippen LogP contribution < -0.4 is 10.5 Å². The van der Waals surface area contributed by atoms with Gasteiger partial charge in [-0.05, 0) is 43.0 Å². The summed E-state index contributed by atoms with van der Waals surface area (Å²) >= 11 is 11.9. The lowest BCUT2D eigenvalue weighted by molar-refractivity contribution is 0.0984. The Morgan fingerprint density at radius 1 is 1.00 bits per heavy atom. The average molecular weight is 497 g/mol. The zero-order valence-electron chi connectivity index (χ0n) is 18.2. The van der Waals surface area contributed by atoms with E-state index in [0.717, 1.165) is 16.0 Å². The first-order valence-corrected chi connectivity index (χ1v) is 11.9. The Morgan fingerprint density at radius 3 is 2.24 bits per heavy atom. The number of fused-ring (bicyclic) bond motifs is 1. The van der Waals surface area contributed by atoms with Crippen LogP contribution >= 0.6 is 35.6 Å². The maximum Gasteiger partial charge on any atom is 0.348 e. The summed E-state index contributed by atoms with van der Waals surface area (Å²) in [5.41, 5.74) is 2.61. The molecule has 33 heavy (non-hydrogen) atoms. The molecule has 0 aliphatic heterocycles. The van der Waals surface area contributed by atoms with Crippen LogP contribution in [-0.4, -0.2) is 28.5 Å². The molecule has 168 valence electrons. The average Bonchev–Trinajstić information content (AvgIpc) is 2.83. The molecule has 0 unspecified atom stereocenters. The molecule has 0 bridgehead atoms. The minimum Gasteiger partial charge on any atom is -0.388 e. The molecule has 1 aromatic heterocycles. The van der Waals surface area contributed by atoms with Gasteiger partial charge in [-0.25, -0.2) is 4.79 Å². The second kappa shape index (κ2) is 11.2. The summed E-state index contributed by atoms with van der Waals surface area (Å²) in [4.78, 5) is 31.1. The fourth-order valence-corrected chi connectivity index (χ4v) is 4.06. The zero-order chi connectivity index (χ0) is 24.0. The lowest BCUT2D eigenvalue weighted by Gasteiger charge is -2.16. The number of carbonyl (C=O) groups is 1. The Bertz CT molecular complexity index is 1370. The number of amides is 1. The Morgan fingerprint density at radius 2 is 1.61 bits per heavy atom. The molecule has 0 aliphatic carbocycles. The van der Waals surface area contributed by atoms with Crippen molar-refractivity contribution >= 4 is 62.7 Å². The molecule has 3 aromatic carbocycles. The number of carbonyl (C=O) groups excluding carboxylic acids is 1. The smallest absolute Gasteiger partial charge is 0.348 e. The number of thiocarbonyl (C=S) groups is 1. The van der Waals surface area contributed by atoms with Gasteiger partial charge >= 0.3 is 11.6 Å². The largest absolute Gasteiger partial charge is 0.388 e. The van der Waals surface area contributed by atoms with Gasteiger partial charge in [-0.1, -0.05) is 72.3 Å². The van der Waals surface area contributed by atoms with Crippen molar-refractivity contribution < 1.29 is 9.21 Å². The minimum absolute atomic E-state index is 0.0189. The maximum absolute atomic E-state index is 12.7. The molecule has 4 rings (SSSR count). The monoisotopic (exact) mass is 496 g/mol. The number of thioether (sulfide) groups is 1. The molecule has 0 saturated heterocycles. The molecule has 1 amide bonds. The molecule has 0 radical (unpaired) electrons. The van der Waals surface area contributed by atoms with Crippen molar-refractivity contribution in [1.82, 2.24) is 4.98 Å². The van der Waals surface area contributed by atoms with Crippen LogP contribution in [0.4, 0.5) is 6.01 Å². The van der Waals surface area contributed by atoms with Gasteiger partial charge in [-0.15, -0.1) is 11.8 Å². The predicted octanol–water partition coefficient (Wildman–Crippen LogP) is 6.10. The number of para-hydroxylation sites is 1. The zero-order valence-corrected chi connectivity index (χ0v) is 20.6. The molecule has 5 nitrogen and oxygen atoms in total. The summed E-state index contributed by atoms with van der Waals surface area (Å²) in [5.74, 6) is -0.277. The predicted molar refractivity (Wildman–Crippen MR) is 140 cm³/mol. The van der Waals surface area contributed by atoms with Gasteiger partial charge < -0.3 is 4.42 Å². The molecule has 0 N–H and O–H groups in total. The highest BCUT2D eigenvalue weighted by Gasteiger charge is 2.20. The second-order valence-electron chi connectivity index (χ2n) is 6.95. The Balaban J connectivity index is 0.000000257. The first kappa shape index (κ1) is 24.6. The number of halogens is 1. The summed E-state index contributed by atoms with van der Waals surface area (Å²) in [5, 5.41) is 0.390. The van der Waals surface area contributed by atoms with Crippen LogP contribution in [0.5, 0.6) is 0 Å². The molecule has 0 atom stereocenters. The normalized spacial score (nSPS) is 10.3. The lowest BCUT2D eigenvalue weighted by atomic mass is 10.1. The standard InChI is InChI=1S/C17H14N2O3S.C8H7ClS/c1-19(15(20)12-8-4-6-10-14(12)23-2)17-18-13-9-5-3-7-11(13)16(21)22-17;1-6-4-2-3-5-7(6)8(9)10/h3-10H,1-2H3;2-5H,1H3. The highest BCUT2D eigenvalue weighted by Crippen LogP contribution is 2.23. The number of anilines is 1. The minimum atomic E-state index is -0.511. The molecular weight excluding hydrogens is 476 g/mol. The first-order chi connectivity index (χ1) is 15.8. The van der Waals surface area contributed by atoms with E-state index < -0.39 is 5.63 Å². The van der Waals surface area contributed by atoms with E-state index in [4.69, 9.17) is 28.2 Å². The van der Waals surface area contributed by atoms with Crippen LogP contribution in [0.15, 0.2) is 86.9 Å². The summed E-state index contributed by atoms with van der Waals surface area (Å²) in [7, 11) is 1.54. The van der Waals surface area contributed by atoms with Crippen LogP contribution in [0.2, 0.25) is 0 Å². The van der Waals surface area contributed by atoms with E-state index in [-0.39, 0.29) is 11.9 Å². The molecule has 0 saturated carbocycles. The van der Waals surface area contributed by atoms with Crippen molar-refractivity contribution in [1.29, 1.82) is 0 Å². The summed E-state index contributed by atoms with van der Waals surface area (Å²) in [6.07, 6.45) is 1.90. The summed E-state index contributed by atoms with van der Waals surface area (Å²) in [6, 6.07) is 21.9. The fraction of sp³-hybridized carbons (Fsp3) is 0.120. The van der Waals surface area contributed by atoms with Gasteiger partial charge in [0, 0.05) is 17.5 Å². The van der Waals surface area contributed by atoms with Crippen molar-refractivity contribution in [3.8, 4) is 0 Å². The van der Waals surface area contributed by atoms with E-state index in [1.807, 2.05) is 49.6 Å². The number of aryl methyl sites for hydroxylation is 1. The van der Waals surface area contributed by atoms with Gasteiger partial charge in [0.2, 0.25) is 0 Å². The third-order valence-electron chi connectivity index (χ3n) is 4.81. The van der Waals surface area contributed by atoms with E-state index in [1.54, 1.807) is 43.4 Å². The molecule has 8 heteroatoms. The van der Waals surface area contributed by atoms with Gasteiger partial charge in [0.15, 0.2) is 0 Å². The van der Waals surface area contributed by atoms with Gasteiger partial charge in [-0.3, -0.25) is 9.69 Å². The van der Waals surface area contributed by atoms with Crippen molar-refractivity contribution in [3.05, 3.63) is 99.9 Å². The van der Waals surface area contributed by atoms with Crippen molar-refractivity contribution in [3.63, 3.8) is 0 Å². The van der Waals surface area contributed by atoms with Gasteiger partial charge in [0.1, 0.15) is 4.32 Å². The van der Waals surface area contributed by atoms with E-state index in [2.05, 4.69) is 4.98 Å². The van der Waals surface area contributed by atoms with Gasteiger partial charge in [-0.2, -0.15) is 4.98 Å². The Hall–Kier alpha value is -3.00. The first-order valence-electron chi connectivity index (χ1n) is 9.90. The number of hydrogen-bond acceptors (Lipinski definition) is 6. The molecule has 4 aromatic rings. The maximum atomic E-state index is 12.7. The van der Waals surface area contributed by atoms with Crippen LogP contribution in [0.3, 0.4) is 0 Å². The number of nitrogens with zero attached hydrogens (tertiary/aromatic N) is 2. The lowest BCUT2D eigenvalue weighted by Crippen LogP contribution is -2.28. The summed E-state index contributed by atoms with van der Waals surface area (Å²) < 4.78 is 5.64. The van der Waals surface area contributed by atoms with E-state index in [0.29, 0.717) is 20.8 Å². The number of aromatic nitrogens is 1. The number of hydrogen-bond donors (Lipinski definition) is 0. The van der Waals surface area contributed by atoms with Crippen LogP contribution in [0.25, 0.3) is 10.9 Å². The Labute approximate surface area is 206 Å². The van der Waals surface area contributed by atoms with Crippen molar-refractivity contribution in [2.24, 2.45) is 0 Å². The van der Waals surface area contributed by atoms with Crippen LogP contribution in [0, 0.1) is 6.92 Å². The molecule has 1 heterocycles. The van der Waals surface area contributed by atoms with E-state index in [1.165, 1.54) is 16.7 Å². The quantitative estimate of drug-likeness (QED) is 0.193. The molecular formula is C25H21ClN2O3S2. The number of rotatable bonds is 4. The summed E-state index contributed by atoms with van der Waals surface area (Å²) in [6.45, 7) is 1.99. The van der Waals surface area contributed by atoms with Crippen molar-refractivity contribution in [2.75, 3.05) is 18.2 Å². The molecule has 0 fully saturated rings. The van der Waals surface area contributed by atoms with E-state index in [9.17, 15) is 9.59 Å². The van der Waals surface area contributed by atoms with Crippen LogP contribution in [0.1, 0.15) is 21.5 Å². The highest BCUT2D eigenvalue weighted by molar-refractivity contribution is 7.98. The van der Waals surface area contributed by atoms with E-state index >= 15 is 0 Å². The van der Waals surface area contributed by atoms with Crippen LogP contribution in [-0.2, 0) is 0 Å². The number of benzene rings is 3. The highest BCUT2D eigenvalue weighted by atomic mass is 35.5. The third-order valence-corrected chi connectivity index (χ3v) is 6.03. The van der Waals surface area contributed by atoms with Crippen molar-refractivity contribution in [2.45, 2.75) is 11.8 Å². The Kier molecular flexibility index (Phi) is 8.38. The SMILES string of the molecule is CSc1ccccc1C(=O)N(C)c1nc2ccccc2c(=O)o1.Cc1ccccc1C(=S)Cl. The molecule has 0 spiro atoms. The second-order valence-corrected chi connectivity index (χ2v) is 8.81. The van der Waals surface area contributed by atoms with Gasteiger partial charge in [0.25, 0.3) is 5.91 Å². The fourth-order valence-electron chi connectivity index (χ4n) is 3.03.